The van der Waals surface area contributed by atoms with Gasteiger partial charge in [0.15, 0.2) is 12.2 Å². The van der Waals surface area contributed by atoms with Gasteiger partial charge in [0.2, 0.25) is 0 Å². The molecule has 0 bridgehead atoms. The molecule has 0 spiro atoms. The smallest absolute Gasteiger partial charge is 0.183 e. The minimum Gasteiger partial charge on any atom is -0.446 e. The predicted molar refractivity (Wildman–Crippen MR) is 46.3 cm³/mol. The van der Waals surface area contributed by atoms with Crippen LogP contribution in [0.1, 0.15) is 5.76 Å². The fourth-order valence-electron chi connectivity index (χ4n) is 1.48. The van der Waals surface area contributed by atoms with Gasteiger partial charge >= 0.3 is 0 Å². The molecule has 4 heteroatoms. The van der Waals surface area contributed by atoms with Crippen LogP contribution in [0, 0.1) is 6.92 Å². The number of hydrogen-bond acceptors (Lipinski definition) is 4. The lowest BCUT2D eigenvalue weighted by Gasteiger charge is -2.27. The molecule has 1 aliphatic heterocycles. The van der Waals surface area contributed by atoms with E-state index in [1.54, 1.807) is 0 Å². The number of piperazine rings is 1. The van der Waals surface area contributed by atoms with E-state index in [9.17, 15) is 0 Å². The van der Waals surface area contributed by atoms with E-state index in [4.69, 9.17) is 4.42 Å². The Balaban J connectivity index is 2.13. The van der Waals surface area contributed by atoms with Crippen molar-refractivity contribution in [1.82, 2.24) is 10.3 Å². The van der Waals surface area contributed by atoms with E-state index >= 15 is 0 Å². The Bertz CT molecular complexity index is 253. The van der Waals surface area contributed by atoms with Crippen molar-refractivity contribution >= 4 is 5.82 Å². The molecule has 2 heterocycles. The fourth-order valence-corrected chi connectivity index (χ4v) is 1.48. The summed E-state index contributed by atoms with van der Waals surface area (Å²) in [6, 6.07) is 0. The highest BCUT2D eigenvalue weighted by Gasteiger charge is 2.14. The van der Waals surface area contributed by atoms with E-state index in [0.29, 0.717) is 0 Å². The second kappa shape index (κ2) is 3.15. The average Bonchev–Trinajstić information content (AvgIpc) is 2.53. The summed E-state index contributed by atoms with van der Waals surface area (Å²) in [6.45, 7) is 6.06. The molecule has 1 aliphatic rings. The molecule has 0 radical (unpaired) electrons. The lowest BCUT2D eigenvalue weighted by molar-refractivity contribution is 0.523. The number of hydrogen-bond donors (Lipinski definition) is 1. The van der Waals surface area contributed by atoms with Gasteiger partial charge in [-0.25, -0.2) is 0 Å². The van der Waals surface area contributed by atoms with Gasteiger partial charge in [0.25, 0.3) is 0 Å². The summed E-state index contributed by atoms with van der Waals surface area (Å²) in [5.74, 6) is 1.91. The zero-order valence-corrected chi connectivity index (χ0v) is 7.21. The summed E-state index contributed by atoms with van der Waals surface area (Å²) in [7, 11) is 0. The summed E-state index contributed by atoms with van der Waals surface area (Å²) in [4.78, 5) is 6.42. The van der Waals surface area contributed by atoms with Gasteiger partial charge in [0.1, 0.15) is 5.76 Å². The summed E-state index contributed by atoms with van der Waals surface area (Å²) in [5, 5.41) is 3.30. The Morgan fingerprint density at radius 3 is 2.83 bits per heavy atom. The zero-order chi connectivity index (χ0) is 8.39. The standard InChI is InChI=1S/C8H13N3O/c1-7-8(10-6-12-7)11-4-2-9-3-5-11/h6,9H,2-5H2,1H3. The molecule has 12 heavy (non-hydrogen) atoms. The average molecular weight is 167 g/mol. The quantitative estimate of drug-likeness (QED) is 0.657. The number of oxazole rings is 1. The largest absolute Gasteiger partial charge is 0.446 e. The van der Waals surface area contributed by atoms with Gasteiger partial charge in [-0.2, -0.15) is 4.98 Å². The monoisotopic (exact) mass is 167 g/mol. The maximum absolute atomic E-state index is 5.14. The molecule has 0 aliphatic carbocycles. The van der Waals surface area contributed by atoms with Gasteiger partial charge < -0.3 is 14.6 Å². The summed E-state index contributed by atoms with van der Waals surface area (Å²) in [6.07, 6.45) is 1.51. The summed E-state index contributed by atoms with van der Waals surface area (Å²) < 4.78 is 5.14. The highest BCUT2D eigenvalue weighted by molar-refractivity contribution is 5.41. The Labute approximate surface area is 71.6 Å². The van der Waals surface area contributed by atoms with Crippen molar-refractivity contribution in [2.24, 2.45) is 0 Å². The topological polar surface area (TPSA) is 41.3 Å². The molecular formula is C8H13N3O. The first-order valence-electron chi connectivity index (χ1n) is 4.23. The van der Waals surface area contributed by atoms with E-state index < -0.39 is 0 Å². The molecule has 1 N–H and O–H groups in total. The molecule has 0 saturated carbocycles. The first-order chi connectivity index (χ1) is 5.88. The number of rotatable bonds is 1. The molecule has 0 unspecified atom stereocenters. The number of nitrogens with zero attached hydrogens (tertiary/aromatic N) is 2. The van der Waals surface area contributed by atoms with Crippen molar-refractivity contribution < 1.29 is 4.42 Å². The zero-order valence-electron chi connectivity index (χ0n) is 7.21. The third-order valence-corrected chi connectivity index (χ3v) is 2.14. The van der Waals surface area contributed by atoms with E-state index in [-0.39, 0.29) is 0 Å². The van der Waals surface area contributed by atoms with Crippen LogP contribution in [0.15, 0.2) is 10.8 Å². The number of nitrogens with one attached hydrogen (secondary N) is 1. The minimum absolute atomic E-state index is 0.914. The Hall–Kier alpha value is -1.03. The van der Waals surface area contributed by atoms with Gasteiger partial charge in [-0.3, -0.25) is 0 Å². The molecular weight excluding hydrogens is 154 g/mol. The molecule has 0 aromatic carbocycles. The third kappa shape index (κ3) is 1.30. The van der Waals surface area contributed by atoms with Crippen LogP contribution in [-0.4, -0.2) is 31.2 Å². The number of aryl methyl sites for hydroxylation is 1. The molecule has 0 amide bonds. The second-order valence-corrected chi connectivity index (χ2v) is 2.97. The van der Waals surface area contributed by atoms with Gasteiger partial charge in [-0.1, -0.05) is 0 Å². The minimum atomic E-state index is 0.914. The molecule has 4 nitrogen and oxygen atoms in total. The van der Waals surface area contributed by atoms with E-state index in [2.05, 4.69) is 15.2 Å². The molecule has 1 fully saturated rings. The molecule has 1 aromatic heterocycles. The second-order valence-electron chi connectivity index (χ2n) is 2.97. The van der Waals surface area contributed by atoms with Crippen molar-refractivity contribution in [3.63, 3.8) is 0 Å². The van der Waals surface area contributed by atoms with Crippen LogP contribution in [-0.2, 0) is 0 Å². The van der Waals surface area contributed by atoms with Crippen LogP contribution in [0.5, 0.6) is 0 Å². The predicted octanol–water partition coefficient (Wildman–Crippen LogP) is 0.393. The first kappa shape index (κ1) is 7.61. The van der Waals surface area contributed by atoms with Crippen LogP contribution < -0.4 is 10.2 Å². The van der Waals surface area contributed by atoms with E-state index in [1.165, 1.54) is 6.39 Å². The highest BCUT2D eigenvalue weighted by Crippen LogP contribution is 2.16. The van der Waals surface area contributed by atoms with Crippen LogP contribution in [0.2, 0.25) is 0 Å². The highest BCUT2D eigenvalue weighted by atomic mass is 16.3. The van der Waals surface area contributed by atoms with Gasteiger partial charge in [-0.15, -0.1) is 0 Å². The van der Waals surface area contributed by atoms with E-state index in [1.807, 2.05) is 6.92 Å². The van der Waals surface area contributed by atoms with Gasteiger partial charge in [0, 0.05) is 26.2 Å². The van der Waals surface area contributed by atoms with Crippen LogP contribution >= 0.6 is 0 Å². The Morgan fingerprint density at radius 1 is 1.50 bits per heavy atom. The van der Waals surface area contributed by atoms with Crippen LogP contribution in [0.3, 0.4) is 0 Å². The van der Waals surface area contributed by atoms with Crippen LogP contribution in [0.25, 0.3) is 0 Å². The van der Waals surface area contributed by atoms with Gasteiger partial charge in [0.05, 0.1) is 0 Å². The third-order valence-electron chi connectivity index (χ3n) is 2.14. The molecule has 66 valence electrons. The Morgan fingerprint density at radius 2 is 2.25 bits per heavy atom. The lowest BCUT2D eigenvalue weighted by Crippen LogP contribution is -2.43. The van der Waals surface area contributed by atoms with Crippen molar-refractivity contribution in [2.45, 2.75) is 6.92 Å². The summed E-state index contributed by atoms with van der Waals surface area (Å²) >= 11 is 0. The van der Waals surface area contributed by atoms with Crippen molar-refractivity contribution in [2.75, 3.05) is 31.1 Å². The molecule has 0 atom stereocenters. The number of aromatic nitrogens is 1. The van der Waals surface area contributed by atoms with Crippen molar-refractivity contribution in [3.8, 4) is 0 Å². The van der Waals surface area contributed by atoms with Gasteiger partial charge in [-0.05, 0) is 6.92 Å². The molecule has 2 rings (SSSR count). The van der Waals surface area contributed by atoms with E-state index in [0.717, 1.165) is 37.8 Å². The van der Waals surface area contributed by atoms with Crippen LogP contribution in [0.4, 0.5) is 5.82 Å². The molecule has 1 aromatic rings. The maximum atomic E-state index is 5.14. The first-order valence-corrected chi connectivity index (χ1v) is 4.23. The Kier molecular flexibility index (Phi) is 1.99. The fraction of sp³-hybridized carbons (Fsp3) is 0.625. The lowest BCUT2D eigenvalue weighted by atomic mass is 10.3. The summed E-state index contributed by atoms with van der Waals surface area (Å²) in [5.41, 5.74) is 0. The van der Waals surface area contributed by atoms with Crippen molar-refractivity contribution in [1.29, 1.82) is 0 Å². The normalized spacial score (nSPS) is 18.2. The maximum Gasteiger partial charge on any atom is 0.183 e. The number of anilines is 1. The van der Waals surface area contributed by atoms with Crippen molar-refractivity contribution in [3.05, 3.63) is 12.2 Å². The molecule has 1 saturated heterocycles. The SMILES string of the molecule is Cc1ocnc1N1CCNCC1.